The quantitative estimate of drug-likeness (QED) is 0.385. The van der Waals surface area contributed by atoms with Crippen molar-refractivity contribution in [3.8, 4) is 23.1 Å². The molecular weight excluding hydrogens is 592 g/mol. The second kappa shape index (κ2) is 11.4. The first-order chi connectivity index (χ1) is 21.8. The highest BCUT2D eigenvalue weighted by Crippen LogP contribution is 2.67. The van der Waals surface area contributed by atoms with Gasteiger partial charge in [0.05, 0.1) is 36.0 Å². The lowest BCUT2D eigenvalue weighted by Crippen LogP contribution is -2.71. The van der Waals surface area contributed by atoms with Gasteiger partial charge in [-0.3, -0.25) is 9.78 Å². The molecule has 0 bridgehead atoms. The maximum atomic E-state index is 13.6. The van der Waals surface area contributed by atoms with E-state index in [9.17, 15) is 29.9 Å². The highest BCUT2D eigenvalue weighted by molar-refractivity contribution is 5.89. The van der Waals surface area contributed by atoms with E-state index in [1.54, 1.807) is 37.5 Å². The average molecular weight is 629 g/mol. The van der Waals surface area contributed by atoms with E-state index in [-0.39, 0.29) is 35.7 Å². The molecule has 3 aromatic rings. The molecule has 0 radical (unpaired) electrons. The van der Waals surface area contributed by atoms with Crippen molar-refractivity contribution in [1.29, 1.82) is 5.26 Å². The third-order valence-electron chi connectivity index (χ3n) is 10.6. The van der Waals surface area contributed by atoms with Gasteiger partial charge in [0.25, 0.3) is 0 Å². The van der Waals surface area contributed by atoms with Crippen molar-refractivity contribution in [2.24, 2.45) is 22.7 Å². The van der Waals surface area contributed by atoms with Gasteiger partial charge in [-0.25, -0.2) is 9.59 Å². The van der Waals surface area contributed by atoms with Gasteiger partial charge < -0.3 is 28.8 Å². The molecule has 2 aliphatic carbocycles. The molecule has 3 heterocycles. The fraction of sp³-hybridized carbons (Fsp3) is 0.457. The van der Waals surface area contributed by atoms with E-state index in [4.69, 9.17) is 18.6 Å². The second-order valence-electron chi connectivity index (χ2n) is 13.3. The van der Waals surface area contributed by atoms with Crippen LogP contribution in [0.2, 0.25) is 0 Å². The molecule has 240 valence electrons. The molecule has 2 fully saturated rings. The molecule has 2 saturated carbocycles. The number of aliphatic hydroxyl groups excluding tert-OH is 2. The smallest absolute Gasteiger partial charge is 0.345 e. The zero-order chi connectivity index (χ0) is 33.0. The topological polar surface area (TPSA) is 169 Å². The number of hydrogen-bond donors (Lipinski definition) is 2. The number of rotatable bonds is 5. The molecule has 2 aromatic heterocycles. The summed E-state index contributed by atoms with van der Waals surface area (Å²) >= 11 is 0. The first kappa shape index (κ1) is 31.5. The van der Waals surface area contributed by atoms with Gasteiger partial charge in [-0.05, 0) is 73.9 Å². The van der Waals surface area contributed by atoms with Crippen LogP contribution in [0, 0.1) is 34.0 Å². The van der Waals surface area contributed by atoms with Gasteiger partial charge in [0.1, 0.15) is 28.8 Å². The Morgan fingerprint density at radius 3 is 2.54 bits per heavy atom. The second-order valence-corrected chi connectivity index (χ2v) is 13.3. The van der Waals surface area contributed by atoms with Crippen molar-refractivity contribution in [3.63, 3.8) is 0 Å². The predicted octanol–water partition coefficient (Wildman–Crippen LogP) is 4.35. The van der Waals surface area contributed by atoms with Gasteiger partial charge in [0, 0.05) is 42.3 Å². The van der Waals surface area contributed by atoms with Crippen molar-refractivity contribution in [2.75, 3.05) is 6.61 Å². The monoisotopic (exact) mass is 628 g/mol. The summed E-state index contributed by atoms with van der Waals surface area (Å²) in [7, 11) is 0. The molecule has 0 saturated heterocycles. The number of carbonyl (C=O) groups excluding carboxylic acids is 2. The van der Waals surface area contributed by atoms with E-state index in [0.717, 1.165) is 0 Å². The average Bonchev–Trinajstić information content (AvgIpc) is 3.03. The normalized spacial score (nSPS) is 32.8. The zero-order valence-corrected chi connectivity index (χ0v) is 26.1. The number of nitriles is 1. The Bertz CT molecular complexity index is 1770. The molecule has 0 amide bonds. The molecule has 1 aromatic carbocycles. The highest BCUT2D eigenvalue weighted by Gasteiger charge is 2.70. The Kier molecular flexibility index (Phi) is 7.77. The number of esters is 2. The van der Waals surface area contributed by atoms with Crippen LogP contribution < -0.4 is 10.4 Å². The number of aliphatic hydroxyl groups is 2. The van der Waals surface area contributed by atoms with Crippen molar-refractivity contribution in [3.05, 3.63) is 82.0 Å². The molecular formula is C35H36N2O9. The Hall–Kier alpha value is -4.53. The van der Waals surface area contributed by atoms with Crippen LogP contribution in [0.25, 0.3) is 11.3 Å². The van der Waals surface area contributed by atoms with Crippen LogP contribution in [-0.4, -0.2) is 51.6 Å². The van der Waals surface area contributed by atoms with Crippen molar-refractivity contribution < 1.29 is 38.4 Å². The Balaban J connectivity index is 1.48. The first-order valence-electron chi connectivity index (χ1n) is 15.3. The third-order valence-corrected chi connectivity index (χ3v) is 10.6. The van der Waals surface area contributed by atoms with Crippen LogP contribution in [0.15, 0.2) is 64.1 Å². The Labute approximate surface area is 265 Å². The van der Waals surface area contributed by atoms with E-state index >= 15 is 0 Å². The number of hydrogen-bond acceptors (Lipinski definition) is 11. The van der Waals surface area contributed by atoms with Crippen LogP contribution in [0.1, 0.15) is 74.5 Å². The number of nitrogens with zero attached hydrogens (tertiary/aromatic N) is 2. The fourth-order valence-corrected chi connectivity index (χ4v) is 8.34. The molecule has 46 heavy (non-hydrogen) atoms. The highest BCUT2D eigenvalue weighted by atomic mass is 16.6. The van der Waals surface area contributed by atoms with Crippen molar-refractivity contribution >= 4 is 11.9 Å². The lowest BCUT2D eigenvalue weighted by Gasteiger charge is -2.66. The van der Waals surface area contributed by atoms with Gasteiger partial charge in [0.15, 0.2) is 0 Å². The van der Waals surface area contributed by atoms with Crippen LogP contribution >= 0.6 is 0 Å². The molecule has 11 nitrogen and oxygen atoms in total. The molecule has 2 unspecified atom stereocenters. The minimum Gasteiger partial charge on any atom is -0.482 e. The Morgan fingerprint density at radius 2 is 1.89 bits per heavy atom. The maximum Gasteiger partial charge on any atom is 0.345 e. The standard InChI is InChI=1S/C35H36N2O9/c1-19(38)43-18-34(3)25-15-27(45-31(41)21-9-7-20(16-36)8-10-21)35(4)30(33(25,2)12-11-26(34)39)29(40)28-24(46-35)14-23(44-32(28)42)22-6-5-13-37-17-22/h5-10,13-14,17,25-27,29-30,39-40H,11-12,15,18H2,1-4H3/t25?,26-,27-,29-,30?,33-,34-,35+/m0/s1. The molecule has 2 N–H and O–H groups in total. The van der Waals surface area contributed by atoms with Crippen molar-refractivity contribution in [2.45, 2.75) is 70.9 Å². The van der Waals surface area contributed by atoms with E-state index in [0.29, 0.717) is 24.0 Å². The first-order valence-corrected chi connectivity index (χ1v) is 15.3. The summed E-state index contributed by atoms with van der Waals surface area (Å²) in [4.78, 5) is 43.2. The molecule has 8 atom stereocenters. The summed E-state index contributed by atoms with van der Waals surface area (Å²) in [6.07, 6.45) is 0.933. The number of carbonyl (C=O) groups is 2. The molecule has 3 aliphatic rings. The summed E-state index contributed by atoms with van der Waals surface area (Å²) in [5.74, 6) is -2.10. The Morgan fingerprint density at radius 1 is 1.15 bits per heavy atom. The SMILES string of the molecule is CC(=O)OC[C@@]1(C)C2C[C@H](OC(=O)c3ccc(C#N)cc3)[C@@]3(C)Oc4cc(-c5cccnc5)oc(=O)c4[C@H](O)C3[C@@]2(C)CC[C@@H]1O. The summed E-state index contributed by atoms with van der Waals surface area (Å²) in [5.41, 5.74) is -2.76. The van der Waals surface area contributed by atoms with Gasteiger partial charge in [-0.1, -0.05) is 13.8 Å². The number of fused-ring (bicyclic) bond motifs is 4. The van der Waals surface area contributed by atoms with Crippen LogP contribution in [0.4, 0.5) is 0 Å². The lowest BCUT2D eigenvalue weighted by molar-refractivity contribution is -0.264. The van der Waals surface area contributed by atoms with Gasteiger partial charge in [-0.2, -0.15) is 5.26 Å². The lowest BCUT2D eigenvalue weighted by atomic mass is 9.42. The van der Waals surface area contributed by atoms with E-state index in [1.165, 1.54) is 31.2 Å². The van der Waals surface area contributed by atoms with Gasteiger partial charge in [0.2, 0.25) is 0 Å². The number of ether oxygens (including phenoxy) is 3. The van der Waals surface area contributed by atoms with Crippen LogP contribution in [0.5, 0.6) is 5.75 Å². The van der Waals surface area contributed by atoms with Gasteiger partial charge >= 0.3 is 17.6 Å². The minimum absolute atomic E-state index is 0.0398. The number of benzene rings is 1. The minimum atomic E-state index is -1.38. The maximum absolute atomic E-state index is 13.6. The zero-order valence-electron chi connectivity index (χ0n) is 26.1. The molecule has 6 rings (SSSR count). The molecule has 11 heteroatoms. The molecule has 0 spiro atoms. The van der Waals surface area contributed by atoms with Crippen LogP contribution in [-0.2, 0) is 14.3 Å². The summed E-state index contributed by atoms with van der Waals surface area (Å²) in [6, 6.07) is 13.0. The van der Waals surface area contributed by atoms with E-state index < -0.39 is 64.1 Å². The summed E-state index contributed by atoms with van der Waals surface area (Å²) in [5, 5.41) is 32.7. The van der Waals surface area contributed by atoms with Gasteiger partial charge in [-0.15, -0.1) is 0 Å². The largest absolute Gasteiger partial charge is 0.482 e. The fourth-order valence-electron chi connectivity index (χ4n) is 8.34. The third kappa shape index (κ3) is 4.96. The summed E-state index contributed by atoms with van der Waals surface area (Å²) < 4.78 is 24.1. The van der Waals surface area contributed by atoms with E-state index in [2.05, 4.69) is 4.98 Å². The number of aromatic nitrogens is 1. The molecule has 1 aliphatic heterocycles. The number of pyridine rings is 1. The van der Waals surface area contributed by atoms with Crippen LogP contribution in [0.3, 0.4) is 0 Å². The van der Waals surface area contributed by atoms with E-state index in [1.807, 2.05) is 19.9 Å². The predicted molar refractivity (Wildman–Crippen MR) is 162 cm³/mol. The van der Waals surface area contributed by atoms with Crippen molar-refractivity contribution in [1.82, 2.24) is 4.98 Å². The summed E-state index contributed by atoms with van der Waals surface area (Å²) in [6.45, 7) is 6.80.